The monoisotopic (exact) mass is 416 g/mol. The summed E-state index contributed by atoms with van der Waals surface area (Å²) in [6.07, 6.45) is 8.12. The molecule has 0 saturated carbocycles. The molecule has 3 aromatic heterocycles. The number of aryl methyl sites for hydroxylation is 2. The molecule has 1 N–H and O–H groups in total. The molecule has 0 atom stereocenters. The second-order valence-electron chi connectivity index (χ2n) is 7.63. The van der Waals surface area contributed by atoms with Gasteiger partial charge in [0.2, 0.25) is 5.82 Å². The van der Waals surface area contributed by atoms with E-state index in [1.807, 2.05) is 12.1 Å². The third-order valence-electron chi connectivity index (χ3n) is 5.22. The van der Waals surface area contributed by atoms with Gasteiger partial charge in [-0.1, -0.05) is 51.0 Å². The van der Waals surface area contributed by atoms with Crippen molar-refractivity contribution in [1.29, 1.82) is 0 Å². The summed E-state index contributed by atoms with van der Waals surface area (Å²) in [4.78, 5) is 9.38. The number of hydrogen-bond donors (Lipinski definition) is 1. The van der Waals surface area contributed by atoms with Crippen molar-refractivity contribution in [2.24, 2.45) is 0 Å². The van der Waals surface area contributed by atoms with Crippen molar-refractivity contribution in [1.82, 2.24) is 40.4 Å². The van der Waals surface area contributed by atoms with Crippen LogP contribution in [0.1, 0.15) is 56.7 Å². The number of aromatic amines is 1. The molecule has 0 spiro atoms. The second-order valence-corrected chi connectivity index (χ2v) is 7.63. The predicted molar refractivity (Wildman–Crippen MR) is 119 cm³/mol. The summed E-state index contributed by atoms with van der Waals surface area (Å²) in [6.45, 7) is 5.29. The standard InChI is InChI=1S/C23H28N8/c1-3-5-6-9-20-25-21(31(28-20)15-4-2)16-17-10-12-18(13-11-17)22-19(8-7-14-24-22)23-26-29-30-27-23/h7-8,10-14H,3-6,9,15-16H2,1-2H3,(H,26,27,29,30). The van der Waals surface area contributed by atoms with E-state index in [4.69, 9.17) is 10.1 Å². The summed E-state index contributed by atoms with van der Waals surface area (Å²) in [6, 6.07) is 12.3. The van der Waals surface area contributed by atoms with Crippen molar-refractivity contribution in [3.8, 4) is 22.6 Å². The van der Waals surface area contributed by atoms with Gasteiger partial charge in [0.15, 0.2) is 5.82 Å². The number of nitrogens with one attached hydrogen (secondary N) is 1. The maximum Gasteiger partial charge on any atom is 0.206 e. The van der Waals surface area contributed by atoms with Crippen molar-refractivity contribution < 1.29 is 0 Å². The van der Waals surface area contributed by atoms with Gasteiger partial charge in [0.25, 0.3) is 0 Å². The van der Waals surface area contributed by atoms with Crippen LogP contribution in [0, 0.1) is 0 Å². The van der Waals surface area contributed by atoms with E-state index >= 15 is 0 Å². The smallest absolute Gasteiger partial charge is 0.206 e. The van der Waals surface area contributed by atoms with E-state index in [0.717, 1.165) is 60.7 Å². The summed E-state index contributed by atoms with van der Waals surface area (Å²) in [5.41, 5.74) is 3.90. The predicted octanol–water partition coefficient (Wildman–Crippen LogP) is 4.25. The van der Waals surface area contributed by atoms with Crippen LogP contribution in [0.15, 0.2) is 42.6 Å². The van der Waals surface area contributed by atoms with Crippen LogP contribution in [0.2, 0.25) is 0 Å². The Morgan fingerprint density at radius 1 is 1.00 bits per heavy atom. The van der Waals surface area contributed by atoms with Crippen molar-refractivity contribution in [2.45, 2.75) is 58.9 Å². The van der Waals surface area contributed by atoms with Gasteiger partial charge in [0.1, 0.15) is 5.82 Å². The number of unbranched alkanes of at least 4 members (excludes halogenated alkanes) is 2. The summed E-state index contributed by atoms with van der Waals surface area (Å²) in [7, 11) is 0. The van der Waals surface area contributed by atoms with Crippen LogP contribution >= 0.6 is 0 Å². The molecule has 0 bridgehead atoms. The van der Waals surface area contributed by atoms with Crippen molar-refractivity contribution in [2.75, 3.05) is 0 Å². The van der Waals surface area contributed by atoms with Gasteiger partial charge in [0, 0.05) is 36.7 Å². The second kappa shape index (κ2) is 10.1. The molecule has 8 heteroatoms. The fourth-order valence-corrected chi connectivity index (χ4v) is 3.64. The van der Waals surface area contributed by atoms with E-state index in [-0.39, 0.29) is 0 Å². The number of nitrogens with zero attached hydrogens (tertiary/aromatic N) is 7. The Bertz CT molecular complexity index is 1080. The molecule has 0 aliphatic heterocycles. The number of benzene rings is 1. The van der Waals surface area contributed by atoms with Crippen LogP contribution in [0.25, 0.3) is 22.6 Å². The Morgan fingerprint density at radius 2 is 1.87 bits per heavy atom. The van der Waals surface area contributed by atoms with Gasteiger partial charge < -0.3 is 0 Å². The molecule has 0 saturated heterocycles. The third kappa shape index (κ3) is 5.02. The Hall–Kier alpha value is -3.42. The van der Waals surface area contributed by atoms with E-state index in [9.17, 15) is 0 Å². The molecule has 1 aromatic carbocycles. The number of rotatable bonds is 10. The first-order valence-electron chi connectivity index (χ1n) is 11.0. The minimum atomic E-state index is 0.537. The van der Waals surface area contributed by atoms with Gasteiger partial charge in [-0.25, -0.2) is 9.67 Å². The Balaban J connectivity index is 1.53. The van der Waals surface area contributed by atoms with Crippen molar-refractivity contribution in [3.05, 3.63) is 59.8 Å². The molecule has 0 radical (unpaired) electrons. The molecule has 0 unspecified atom stereocenters. The highest BCUT2D eigenvalue weighted by Crippen LogP contribution is 2.27. The number of H-pyrrole nitrogens is 1. The fraction of sp³-hybridized carbons (Fsp3) is 0.391. The highest BCUT2D eigenvalue weighted by Gasteiger charge is 2.13. The van der Waals surface area contributed by atoms with E-state index in [0.29, 0.717) is 5.82 Å². The molecule has 0 aliphatic rings. The summed E-state index contributed by atoms with van der Waals surface area (Å²) < 4.78 is 2.07. The first kappa shape index (κ1) is 20.8. The van der Waals surface area contributed by atoms with Gasteiger partial charge in [-0.3, -0.25) is 4.98 Å². The Kier molecular flexibility index (Phi) is 6.76. The molecular formula is C23H28N8. The SMILES string of the molecule is CCCCCc1nc(Cc2ccc(-c3ncccc3-c3nn[nH]n3)cc2)n(CCC)n1. The molecule has 0 fully saturated rings. The Labute approximate surface area is 182 Å². The van der Waals surface area contributed by atoms with Crippen molar-refractivity contribution >= 4 is 0 Å². The van der Waals surface area contributed by atoms with E-state index < -0.39 is 0 Å². The summed E-state index contributed by atoms with van der Waals surface area (Å²) in [5, 5.41) is 19.1. The summed E-state index contributed by atoms with van der Waals surface area (Å²) >= 11 is 0. The average Bonchev–Trinajstić information content (AvgIpc) is 3.46. The average molecular weight is 417 g/mol. The maximum absolute atomic E-state index is 4.84. The molecule has 4 rings (SSSR count). The van der Waals surface area contributed by atoms with Crippen LogP contribution in [0.3, 0.4) is 0 Å². The largest absolute Gasteiger partial charge is 0.255 e. The molecule has 8 nitrogen and oxygen atoms in total. The third-order valence-corrected chi connectivity index (χ3v) is 5.22. The number of hydrogen-bond acceptors (Lipinski definition) is 6. The first-order valence-corrected chi connectivity index (χ1v) is 11.0. The van der Waals surface area contributed by atoms with Crippen LogP contribution in [-0.4, -0.2) is 40.4 Å². The lowest BCUT2D eigenvalue weighted by Crippen LogP contribution is -2.06. The molecule has 160 valence electrons. The number of pyridine rings is 1. The molecular weight excluding hydrogens is 388 g/mol. The fourth-order valence-electron chi connectivity index (χ4n) is 3.64. The minimum Gasteiger partial charge on any atom is -0.255 e. The maximum atomic E-state index is 4.84. The van der Waals surface area contributed by atoms with Gasteiger partial charge in [-0.2, -0.15) is 10.3 Å². The molecule has 3 heterocycles. The highest BCUT2D eigenvalue weighted by molar-refractivity contribution is 5.76. The zero-order valence-corrected chi connectivity index (χ0v) is 18.1. The van der Waals surface area contributed by atoms with Crippen LogP contribution in [0.4, 0.5) is 0 Å². The number of aromatic nitrogens is 8. The molecule has 4 aromatic rings. The van der Waals surface area contributed by atoms with E-state index in [1.165, 1.54) is 18.4 Å². The van der Waals surface area contributed by atoms with Gasteiger partial charge in [-0.15, -0.1) is 10.2 Å². The lowest BCUT2D eigenvalue weighted by Gasteiger charge is -2.08. The van der Waals surface area contributed by atoms with Gasteiger partial charge in [0.05, 0.1) is 5.69 Å². The summed E-state index contributed by atoms with van der Waals surface area (Å²) in [5.74, 6) is 2.54. The molecule has 31 heavy (non-hydrogen) atoms. The van der Waals surface area contributed by atoms with Gasteiger partial charge >= 0.3 is 0 Å². The van der Waals surface area contributed by atoms with Gasteiger partial charge in [-0.05, 0) is 35.8 Å². The first-order chi connectivity index (χ1) is 15.3. The topological polar surface area (TPSA) is 98.1 Å². The molecule has 0 amide bonds. The molecule has 0 aliphatic carbocycles. The van der Waals surface area contributed by atoms with Crippen LogP contribution in [0.5, 0.6) is 0 Å². The van der Waals surface area contributed by atoms with Crippen LogP contribution < -0.4 is 0 Å². The van der Waals surface area contributed by atoms with E-state index in [2.05, 4.69) is 68.4 Å². The zero-order valence-electron chi connectivity index (χ0n) is 18.1. The zero-order chi connectivity index (χ0) is 21.5. The number of tetrazole rings is 1. The lowest BCUT2D eigenvalue weighted by molar-refractivity contribution is 0.568. The minimum absolute atomic E-state index is 0.537. The highest BCUT2D eigenvalue weighted by atomic mass is 15.5. The Morgan fingerprint density at radius 3 is 2.61 bits per heavy atom. The normalized spacial score (nSPS) is 11.2. The van der Waals surface area contributed by atoms with Crippen LogP contribution in [-0.2, 0) is 19.4 Å². The lowest BCUT2D eigenvalue weighted by atomic mass is 10.0. The van der Waals surface area contributed by atoms with Crippen molar-refractivity contribution in [3.63, 3.8) is 0 Å². The quantitative estimate of drug-likeness (QED) is 0.388. The van der Waals surface area contributed by atoms with E-state index in [1.54, 1.807) is 6.20 Å².